The Labute approximate surface area is 302 Å². The zero-order valence-corrected chi connectivity index (χ0v) is 28.4. The van der Waals surface area contributed by atoms with Crippen molar-refractivity contribution in [2.45, 2.75) is 0 Å². The number of para-hydroxylation sites is 2. The number of fused-ring (bicyclic) bond motifs is 9. The van der Waals surface area contributed by atoms with Crippen LogP contribution in [0.4, 0.5) is 17.1 Å². The highest BCUT2D eigenvalue weighted by Gasteiger charge is 2.32. The van der Waals surface area contributed by atoms with E-state index in [0.29, 0.717) is 0 Å². The van der Waals surface area contributed by atoms with Crippen LogP contribution in [0.5, 0.6) is 0 Å². The second kappa shape index (κ2) is 11.3. The molecule has 0 spiro atoms. The molecule has 0 N–H and O–H groups in total. The van der Waals surface area contributed by atoms with Crippen LogP contribution in [0, 0.1) is 0 Å². The Morgan fingerprint density at radius 1 is 0.346 bits per heavy atom. The molecule has 0 atom stereocenters. The van der Waals surface area contributed by atoms with Gasteiger partial charge in [0.25, 0.3) is 0 Å². The molecule has 1 aromatic heterocycles. The molecule has 0 aliphatic heterocycles. The topological polar surface area (TPSA) is 8.17 Å². The van der Waals surface area contributed by atoms with Crippen LogP contribution in [0.3, 0.4) is 0 Å². The molecule has 1 aliphatic carbocycles. The minimum atomic E-state index is 1.12. The average Bonchev–Trinajstić information content (AvgIpc) is 3.54. The lowest BCUT2D eigenvalue weighted by molar-refractivity contribution is 1.18. The number of rotatable bonds is 5. The Morgan fingerprint density at radius 3 is 1.67 bits per heavy atom. The summed E-state index contributed by atoms with van der Waals surface area (Å²) in [6.07, 6.45) is 0. The molecule has 242 valence electrons. The molecule has 52 heavy (non-hydrogen) atoms. The van der Waals surface area contributed by atoms with E-state index in [4.69, 9.17) is 0 Å². The van der Waals surface area contributed by atoms with Crippen molar-refractivity contribution in [3.63, 3.8) is 0 Å². The monoisotopic (exact) mass is 660 g/mol. The molecular weight excluding hydrogens is 629 g/mol. The zero-order valence-electron chi connectivity index (χ0n) is 28.4. The van der Waals surface area contributed by atoms with Crippen molar-refractivity contribution in [2.24, 2.45) is 0 Å². The molecule has 2 nitrogen and oxygen atoms in total. The standard InChI is InChI=1S/C50H32N2/c1-3-13-33(14-4-1)34-23-25-39(26-24-34)51(40-27-28-43-42-21-11-12-22-47(42)52(48(43)32-40)38-18-5-2-6-19-38)50-41-20-10-9-17-37(41)31-46-44-29-35-15-7-8-16-36(35)30-45(44)49(46)50/h1-32H. The maximum atomic E-state index is 2.50. The number of nitrogens with zero attached hydrogens (tertiary/aromatic N) is 2. The second-order valence-electron chi connectivity index (χ2n) is 13.8. The molecule has 0 unspecified atom stereocenters. The van der Waals surface area contributed by atoms with E-state index < -0.39 is 0 Å². The molecule has 0 saturated carbocycles. The molecule has 10 aromatic rings. The molecule has 2 heteroatoms. The Kier molecular flexibility index (Phi) is 6.28. The second-order valence-corrected chi connectivity index (χ2v) is 13.8. The van der Waals surface area contributed by atoms with Crippen LogP contribution < -0.4 is 4.90 Å². The van der Waals surface area contributed by atoms with E-state index in [-0.39, 0.29) is 0 Å². The minimum Gasteiger partial charge on any atom is -0.309 e. The third-order valence-corrected chi connectivity index (χ3v) is 10.9. The number of benzene rings is 9. The van der Waals surface area contributed by atoms with E-state index in [2.05, 4.69) is 204 Å². The van der Waals surface area contributed by atoms with E-state index in [1.54, 1.807) is 0 Å². The Balaban J connectivity index is 1.21. The highest BCUT2D eigenvalue weighted by molar-refractivity contribution is 6.21. The van der Waals surface area contributed by atoms with Crippen molar-refractivity contribution >= 4 is 60.4 Å². The summed E-state index contributed by atoms with van der Waals surface area (Å²) in [4.78, 5) is 2.50. The number of aromatic nitrogens is 1. The molecule has 1 aliphatic rings. The van der Waals surface area contributed by atoms with Gasteiger partial charge in [-0.25, -0.2) is 0 Å². The highest BCUT2D eigenvalue weighted by atomic mass is 15.1. The van der Waals surface area contributed by atoms with Gasteiger partial charge < -0.3 is 9.47 Å². The van der Waals surface area contributed by atoms with Crippen LogP contribution in [0.2, 0.25) is 0 Å². The van der Waals surface area contributed by atoms with Gasteiger partial charge in [-0.05, 0) is 105 Å². The van der Waals surface area contributed by atoms with Crippen molar-refractivity contribution in [2.75, 3.05) is 4.90 Å². The largest absolute Gasteiger partial charge is 0.309 e. The lowest BCUT2D eigenvalue weighted by Crippen LogP contribution is -2.15. The van der Waals surface area contributed by atoms with E-state index in [0.717, 1.165) is 17.1 Å². The highest BCUT2D eigenvalue weighted by Crippen LogP contribution is 2.58. The summed E-state index contributed by atoms with van der Waals surface area (Å²) in [6.45, 7) is 0. The van der Waals surface area contributed by atoms with Gasteiger partial charge in [-0.3, -0.25) is 0 Å². The van der Waals surface area contributed by atoms with Crippen LogP contribution in [0.1, 0.15) is 0 Å². The Morgan fingerprint density at radius 2 is 0.904 bits per heavy atom. The maximum Gasteiger partial charge on any atom is 0.0624 e. The van der Waals surface area contributed by atoms with Crippen LogP contribution in [0.25, 0.3) is 82.4 Å². The fraction of sp³-hybridized carbons (Fsp3) is 0. The van der Waals surface area contributed by atoms with Gasteiger partial charge >= 0.3 is 0 Å². The summed E-state index contributed by atoms with van der Waals surface area (Å²) in [5, 5.41) is 7.50. The third kappa shape index (κ3) is 4.31. The summed E-state index contributed by atoms with van der Waals surface area (Å²) in [5.41, 5.74) is 14.6. The predicted molar refractivity (Wildman–Crippen MR) is 220 cm³/mol. The Bertz CT molecular complexity index is 2990. The number of hydrogen-bond donors (Lipinski definition) is 0. The maximum absolute atomic E-state index is 2.50. The van der Waals surface area contributed by atoms with E-state index >= 15 is 0 Å². The Hall–Kier alpha value is -6.90. The molecule has 0 radical (unpaired) electrons. The molecule has 0 amide bonds. The smallest absolute Gasteiger partial charge is 0.0624 e. The first-order valence-electron chi connectivity index (χ1n) is 17.9. The normalized spacial score (nSPS) is 11.8. The van der Waals surface area contributed by atoms with Crippen molar-refractivity contribution in [3.05, 3.63) is 194 Å². The van der Waals surface area contributed by atoms with E-state index in [1.165, 1.54) is 82.4 Å². The van der Waals surface area contributed by atoms with Crippen LogP contribution >= 0.6 is 0 Å². The summed E-state index contributed by atoms with van der Waals surface area (Å²) in [5.74, 6) is 0. The van der Waals surface area contributed by atoms with Gasteiger partial charge in [0.15, 0.2) is 0 Å². The number of anilines is 3. The molecular formula is C50H32N2. The van der Waals surface area contributed by atoms with Gasteiger partial charge in [-0.1, -0.05) is 133 Å². The van der Waals surface area contributed by atoms with Gasteiger partial charge in [0.2, 0.25) is 0 Å². The van der Waals surface area contributed by atoms with Gasteiger partial charge in [0, 0.05) is 38.8 Å². The van der Waals surface area contributed by atoms with Crippen molar-refractivity contribution in [3.8, 4) is 39.1 Å². The first-order chi connectivity index (χ1) is 25.8. The molecule has 0 saturated heterocycles. The predicted octanol–water partition coefficient (Wildman–Crippen LogP) is 13.9. The molecule has 0 fully saturated rings. The fourth-order valence-corrected chi connectivity index (χ4v) is 8.45. The fourth-order valence-electron chi connectivity index (χ4n) is 8.45. The van der Waals surface area contributed by atoms with Crippen molar-refractivity contribution in [1.82, 2.24) is 4.57 Å². The summed E-state index contributed by atoms with van der Waals surface area (Å²) in [7, 11) is 0. The zero-order chi connectivity index (χ0) is 34.2. The number of hydrogen-bond acceptors (Lipinski definition) is 1. The molecule has 11 rings (SSSR count). The summed E-state index contributed by atoms with van der Waals surface area (Å²) in [6, 6.07) is 71.0. The average molecular weight is 661 g/mol. The van der Waals surface area contributed by atoms with Crippen molar-refractivity contribution in [1.29, 1.82) is 0 Å². The van der Waals surface area contributed by atoms with Gasteiger partial charge in [-0.2, -0.15) is 0 Å². The van der Waals surface area contributed by atoms with Gasteiger partial charge in [0.1, 0.15) is 0 Å². The quantitative estimate of drug-likeness (QED) is 0.178. The summed E-state index contributed by atoms with van der Waals surface area (Å²) >= 11 is 0. The van der Waals surface area contributed by atoms with Gasteiger partial charge in [0.05, 0.1) is 16.7 Å². The van der Waals surface area contributed by atoms with E-state index in [9.17, 15) is 0 Å². The van der Waals surface area contributed by atoms with Crippen LogP contribution in [-0.2, 0) is 0 Å². The van der Waals surface area contributed by atoms with E-state index in [1.807, 2.05) is 0 Å². The first-order valence-corrected chi connectivity index (χ1v) is 17.9. The lowest BCUT2D eigenvalue weighted by atomic mass is 9.76. The minimum absolute atomic E-state index is 1.12. The van der Waals surface area contributed by atoms with Crippen LogP contribution in [-0.4, -0.2) is 4.57 Å². The molecule has 0 bridgehead atoms. The first kappa shape index (κ1) is 28.9. The third-order valence-electron chi connectivity index (χ3n) is 10.9. The van der Waals surface area contributed by atoms with Gasteiger partial charge in [-0.15, -0.1) is 0 Å². The van der Waals surface area contributed by atoms with Crippen LogP contribution in [0.15, 0.2) is 194 Å². The molecule has 9 aromatic carbocycles. The SMILES string of the molecule is c1ccc(-c2ccc(N(c3ccc4c5ccccc5n(-c5ccccc5)c4c3)c3c4c(cc5ccccc35)-c3cc5ccccc5cc3-4)cc2)cc1. The van der Waals surface area contributed by atoms with Crippen molar-refractivity contribution < 1.29 is 0 Å². The lowest BCUT2D eigenvalue weighted by Gasteiger charge is -2.35. The molecule has 1 heterocycles. The summed E-state index contributed by atoms with van der Waals surface area (Å²) < 4.78 is 2.41.